The molecule has 0 aliphatic carbocycles. The minimum absolute atomic E-state index is 0.0695. The first-order valence-corrected chi connectivity index (χ1v) is 7.78. The smallest absolute Gasteiger partial charge is 0.340 e. The molecule has 0 N–H and O–H groups in total. The van der Waals surface area contributed by atoms with Crippen molar-refractivity contribution >= 4 is 5.97 Å². The standard InChI is InChI=1S/C19H19FN2O2/c1-5-24-19(23)17-16(11(2)3)15(10-21)12(4)22-18(17)13-6-8-14(20)9-7-13/h6-9,11H,5H2,1-4H3. The fraction of sp³-hybridized carbons (Fsp3) is 0.316. The second kappa shape index (κ2) is 7.22. The first-order chi connectivity index (χ1) is 11.4. The van der Waals surface area contributed by atoms with Gasteiger partial charge in [0.05, 0.1) is 29.1 Å². The van der Waals surface area contributed by atoms with Crippen molar-refractivity contribution < 1.29 is 13.9 Å². The molecule has 124 valence electrons. The summed E-state index contributed by atoms with van der Waals surface area (Å²) in [6.07, 6.45) is 0. The molecule has 1 heterocycles. The van der Waals surface area contributed by atoms with Crippen LogP contribution in [0.1, 0.15) is 53.9 Å². The van der Waals surface area contributed by atoms with Gasteiger partial charge in [-0.3, -0.25) is 4.98 Å². The van der Waals surface area contributed by atoms with E-state index in [0.29, 0.717) is 28.1 Å². The van der Waals surface area contributed by atoms with Crippen LogP contribution in [0, 0.1) is 24.1 Å². The molecule has 0 atom stereocenters. The third-order valence-corrected chi connectivity index (χ3v) is 3.70. The van der Waals surface area contributed by atoms with Gasteiger partial charge in [0, 0.05) is 5.56 Å². The van der Waals surface area contributed by atoms with E-state index in [-0.39, 0.29) is 23.9 Å². The fourth-order valence-electron chi connectivity index (χ4n) is 2.67. The number of halogens is 1. The van der Waals surface area contributed by atoms with E-state index in [0.717, 1.165) is 0 Å². The van der Waals surface area contributed by atoms with Crippen molar-refractivity contribution in [1.82, 2.24) is 4.98 Å². The molecule has 0 radical (unpaired) electrons. The molecule has 0 fully saturated rings. The van der Waals surface area contributed by atoms with Gasteiger partial charge in [-0.15, -0.1) is 0 Å². The molecular formula is C19H19FN2O2. The largest absolute Gasteiger partial charge is 0.462 e. The zero-order valence-electron chi connectivity index (χ0n) is 14.2. The lowest BCUT2D eigenvalue weighted by atomic mass is 9.89. The maximum atomic E-state index is 13.2. The number of pyridine rings is 1. The lowest BCUT2D eigenvalue weighted by molar-refractivity contribution is 0.0525. The highest BCUT2D eigenvalue weighted by atomic mass is 19.1. The highest BCUT2D eigenvalue weighted by Crippen LogP contribution is 2.33. The molecule has 0 aliphatic heterocycles. The van der Waals surface area contributed by atoms with Gasteiger partial charge in [0.2, 0.25) is 0 Å². The highest BCUT2D eigenvalue weighted by molar-refractivity contribution is 5.98. The van der Waals surface area contributed by atoms with Crippen molar-refractivity contribution in [2.75, 3.05) is 6.61 Å². The summed E-state index contributed by atoms with van der Waals surface area (Å²) in [7, 11) is 0. The van der Waals surface area contributed by atoms with Gasteiger partial charge in [-0.1, -0.05) is 13.8 Å². The van der Waals surface area contributed by atoms with Crippen molar-refractivity contribution in [2.45, 2.75) is 33.6 Å². The van der Waals surface area contributed by atoms with Crippen LogP contribution < -0.4 is 0 Å². The molecule has 0 saturated heterocycles. The first kappa shape index (κ1) is 17.6. The van der Waals surface area contributed by atoms with Crippen LogP contribution in [0.2, 0.25) is 0 Å². The Bertz CT molecular complexity index is 806. The number of aryl methyl sites for hydroxylation is 1. The van der Waals surface area contributed by atoms with E-state index in [2.05, 4.69) is 11.1 Å². The van der Waals surface area contributed by atoms with Gasteiger partial charge >= 0.3 is 5.97 Å². The van der Waals surface area contributed by atoms with Crippen molar-refractivity contribution in [3.8, 4) is 17.3 Å². The van der Waals surface area contributed by atoms with E-state index in [4.69, 9.17) is 4.74 Å². The summed E-state index contributed by atoms with van der Waals surface area (Å²) in [5.74, 6) is -0.963. The van der Waals surface area contributed by atoms with Crippen LogP contribution in [0.15, 0.2) is 24.3 Å². The number of hydrogen-bond donors (Lipinski definition) is 0. The molecule has 24 heavy (non-hydrogen) atoms. The second-order valence-corrected chi connectivity index (χ2v) is 5.70. The molecule has 1 aromatic heterocycles. The van der Waals surface area contributed by atoms with E-state index in [1.165, 1.54) is 12.1 Å². The minimum atomic E-state index is -0.524. The summed E-state index contributed by atoms with van der Waals surface area (Å²) in [6.45, 7) is 7.48. The number of ether oxygens (including phenoxy) is 1. The summed E-state index contributed by atoms with van der Waals surface area (Å²) < 4.78 is 18.4. The Morgan fingerprint density at radius 1 is 1.33 bits per heavy atom. The van der Waals surface area contributed by atoms with Crippen molar-refractivity contribution in [1.29, 1.82) is 5.26 Å². The van der Waals surface area contributed by atoms with Gasteiger partial charge in [-0.2, -0.15) is 5.26 Å². The average molecular weight is 326 g/mol. The number of nitriles is 1. The molecule has 0 spiro atoms. The Morgan fingerprint density at radius 3 is 2.46 bits per heavy atom. The minimum Gasteiger partial charge on any atom is -0.462 e. The van der Waals surface area contributed by atoms with E-state index < -0.39 is 5.97 Å². The third kappa shape index (κ3) is 3.28. The maximum Gasteiger partial charge on any atom is 0.340 e. The molecule has 0 bridgehead atoms. The van der Waals surface area contributed by atoms with E-state index >= 15 is 0 Å². The Hall–Kier alpha value is -2.74. The maximum absolute atomic E-state index is 13.2. The van der Waals surface area contributed by atoms with Crippen LogP contribution in [-0.2, 0) is 4.74 Å². The van der Waals surface area contributed by atoms with Gasteiger partial charge in [-0.25, -0.2) is 9.18 Å². The molecule has 2 aromatic rings. The number of carbonyl (C=O) groups excluding carboxylic acids is 1. The van der Waals surface area contributed by atoms with Crippen LogP contribution in [0.25, 0.3) is 11.3 Å². The van der Waals surface area contributed by atoms with Crippen molar-refractivity contribution in [2.24, 2.45) is 0 Å². The molecule has 0 unspecified atom stereocenters. The number of nitrogens with zero attached hydrogens (tertiary/aromatic N) is 2. The number of rotatable bonds is 4. The lowest BCUT2D eigenvalue weighted by Crippen LogP contribution is -2.15. The average Bonchev–Trinajstić information content (AvgIpc) is 2.54. The van der Waals surface area contributed by atoms with E-state index in [1.807, 2.05) is 13.8 Å². The Balaban J connectivity index is 2.85. The zero-order valence-corrected chi connectivity index (χ0v) is 14.2. The summed E-state index contributed by atoms with van der Waals surface area (Å²) >= 11 is 0. The lowest BCUT2D eigenvalue weighted by Gasteiger charge is -2.19. The van der Waals surface area contributed by atoms with E-state index in [1.54, 1.807) is 26.0 Å². The van der Waals surface area contributed by atoms with E-state index in [9.17, 15) is 14.4 Å². The van der Waals surface area contributed by atoms with Gasteiger partial charge in [0.25, 0.3) is 0 Å². The van der Waals surface area contributed by atoms with Crippen molar-refractivity contribution in [3.63, 3.8) is 0 Å². The van der Waals surface area contributed by atoms with Gasteiger partial charge in [0.1, 0.15) is 11.9 Å². The van der Waals surface area contributed by atoms with Crippen LogP contribution in [0.4, 0.5) is 4.39 Å². The fourth-order valence-corrected chi connectivity index (χ4v) is 2.67. The van der Waals surface area contributed by atoms with Gasteiger partial charge < -0.3 is 4.74 Å². The number of carbonyl (C=O) groups is 1. The molecule has 5 heteroatoms. The predicted octanol–water partition coefficient (Wildman–Crippen LogP) is 4.37. The third-order valence-electron chi connectivity index (χ3n) is 3.70. The Kier molecular flexibility index (Phi) is 5.30. The number of hydrogen-bond acceptors (Lipinski definition) is 4. The molecule has 0 amide bonds. The Labute approximate surface area is 140 Å². The topological polar surface area (TPSA) is 63.0 Å². The first-order valence-electron chi connectivity index (χ1n) is 7.78. The molecule has 4 nitrogen and oxygen atoms in total. The molecule has 0 saturated carbocycles. The predicted molar refractivity (Wildman–Crippen MR) is 89.1 cm³/mol. The van der Waals surface area contributed by atoms with Crippen LogP contribution in [-0.4, -0.2) is 17.6 Å². The van der Waals surface area contributed by atoms with Crippen LogP contribution >= 0.6 is 0 Å². The highest BCUT2D eigenvalue weighted by Gasteiger charge is 2.26. The second-order valence-electron chi connectivity index (χ2n) is 5.70. The summed E-state index contributed by atoms with van der Waals surface area (Å²) in [5.41, 5.74) is 2.83. The molecule has 2 rings (SSSR count). The Morgan fingerprint density at radius 2 is 1.96 bits per heavy atom. The molecule has 0 aliphatic rings. The molecule has 1 aromatic carbocycles. The quantitative estimate of drug-likeness (QED) is 0.783. The number of benzene rings is 1. The summed E-state index contributed by atoms with van der Waals surface area (Å²) in [4.78, 5) is 17.0. The van der Waals surface area contributed by atoms with Gasteiger partial charge in [-0.05, 0) is 49.6 Å². The number of esters is 1. The zero-order chi connectivity index (χ0) is 17.9. The van der Waals surface area contributed by atoms with Crippen LogP contribution in [0.5, 0.6) is 0 Å². The molecular weight excluding hydrogens is 307 g/mol. The van der Waals surface area contributed by atoms with Crippen LogP contribution in [0.3, 0.4) is 0 Å². The van der Waals surface area contributed by atoms with Crippen molar-refractivity contribution in [3.05, 3.63) is 52.5 Å². The summed E-state index contributed by atoms with van der Waals surface area (Å²) in [6, 6.07) is 7.90. The SMILES string of the molecule is CCOC(=O)c1c(-c2ccc(F)cc2)nc(C)c(C#N)c1C(C)C. The normalized spacial score (nSPS) is 10.5. The monoisotopic (exact) mass is 326 g/mol. The number of aromatic nitrogens is 1. The summed E-state index contributed by atoms with van der Waals surface area (Å²) in [5, 5.41) is 9.49. The van der Waals surface area contributed by atoms with Gasteiger partial charge in [0.15, 0.2) is 0 Å².